The molecule has 0 aromatic heterocycles. The van der Waals surface area contributed by atoms with Crippen LogP contribution in [0.3, 0.4) is 0 Å². The maximum atomic E-state index is 14.0. The third-order valence-electron chi connectivity index (χ3n) is 6.11. The molecular weight excluding hydrogens is 582 g/mol. The lowest BCUT2D eigenvalue weighted by atomic mass is 10.0. The van der Waals surface area contributed by atoms with Crippen molar-refractivity contribution in [3.05, 3.63) is 100 Å². The summed E-state index contributed by atoms with van der Waals surface area (Å²) < 4.78 is 27.5. The molecule has 1 N–H and O–H groups in total. The summed E-state index contributed by atoms with van der Waals surface area (Å²) in [6.07, 6.45) is 1.25. The van der Waals surface area contributed by atoms with E-state index in [9.17, 15) is 22.8 Å². The minimum Gasteiger partial charge on any atom is -0.355 e. The molecule has 0 heterocycles. The minimum absolute atomic E-state index is 0.0891. The van der Waals surface area contributed by atoms with E-state index in [2.05, 4.69) is 21.2 Å². The molecule has 8 nitrogen and oxygen atoms in total. The molecule has 0 fully saturated rings. The van der Waals surface area contributed by atoms with E-state index in [0.717, 1.165) is 26.2 Å². The third kappa shape index (κ3) is 8.49. The Balaban J connectivity index is 2.05. The van der Waals surface area contributed by atoms with E-state index < -0.39 is 28.5 Å². The van der Waals surface area contributed by atoms with E-state index >= 15 is 0 Å². The lowest BCUT2D eigenvalue weighted by Crippen LogP contribution is -2.53. The van der Waals surface area contributed by atoms with Crippen molar-refractivity contribution in [2.45, 2.75) is 32.9 Å². The Morgan fingerprint density at radius 2 is 1.59 bits per heavy atom. The fourth-order valence-electron chi connectivity index (χ4n) is 4.13. The highest BCUT2D eigenvalue weighted by molar-refractivity contribution is 9.10. The van der Waals surface area contributed by atoms with Crippen molar-refractivity contribution in [3.63, 3.8) is 0 Å². The van der Waals surface area contributed by atoms with E-state index in [1.165, 1.54) is 24.0 Å². The van der Waals surface area contributed by atoms with Crippen molar-refractivity contribution in [1.82, 2.24) is 10.2 Å². The highest BCUT2D eigenvalue weighted by Crippen LogP contribution is 2.22. The fourth-order valence-corrected chi connectivity index (χ4v) is 5.23. The van der Waals surface area contributed by atoms with Crippen LogP contribution in [0.5, 0.6) is 0 Å². The minimum atomic E-state index is -3.91. The van der Waals surface area contributed by atoms with E-state index in [1.807, 2.05) is 54.6 Å². The zero-order valence-corrected chi connectivity index (χ0v) is 24.5. The first-order chi connectivity index (χ1) is 18.5. The molecule has 0 spiro atoms. The number of nitrogens with zero attached hydrogens (tertiary/aromatic N) is 2. The highest BCUT2D eigenvalue weighted by atomic mass is 79.9. The molecule has 1 atom stereocenters. The average Bonchev–Trinajstić information content (AvgIpc) is 2.90. The molecule has 0 aliphatic carbocycles. The summed E-state index contributed by atoms with van der Waals surface area (Å²) in [5.74, 6) is -1.12. The molecule has 0 saturated carbocycles. The van der Waals surface area contributed by atoms with Crippen LogP contribution in [0.4, 0.5) is 5.69 Å². The van der Waals surface area contributed by atoms with E-state index in [-0.39, 0.29) is 30.3 Å². The SMILES string of the molecule is CCNC(=O)[C@@H](Cc1ccccc1)N(Cc1ccc(Br)cc1)C(=O)CN(c1cccc(C(C)=O)c1)S(C)(=O)=O. The lowest BCUT2D eigenvalue weighted by Gasteiger charge is -2.33. The van der Waals surface area contributed by atoms with Gasteiger partial charge in [0.25, 0.3) is 0 Å². The highest BCUT2D eigenvalue weighted by Gasteiger charge is 2.33. The van der Waals surface area contributed by atoms with Crippen LogP contribution in [0.15, 0.2) is 83.3 Å². The van der Waals surface area contributed by atoms with Crippen molar-refractivity contribution in [2.24, 2.45) is 0 Å². The number of ketones is 1. The summed E-state index contributed by atoms with van der Waals surface area (Å²) in [6, 6.07) is 21.9. The zero-order chi connectivity index (χ0) is 28.6. The summed E-state index contributed by atoms with van der Waals surface area (Å²) in [4.78, 5) is 40.7. The van der Waals surface area contributed by atoms with Gasteiger partial charge in [-0.2, -0.15) is 0 Å². The van der Waals surface area contributed by atoms with Crippen molar-refractivity contribution in [1.29, 1.82) is 0 Å². The van der Waals surface area contributed by atoms with Gasteiger partial charge in [0, 0.05) is 29.5 Å². The van der Waals surface area contributed by atoms with Crippen molar-refractivity contribution in [3.8, 4) is 0 Å². The van der Waals surface area contributed by atoms with Crippen LogP contribution in [0.25, 0.3) is 0 Å². The van der Waals surface area contributed by atoms with Crippen molar-refractivity contribution in [2.75, 3.05) is 23.7 Å². The Kier molecular flexibility index (Phi) is 10.4. The van der Waals surface area contributed by atoms with Gasteiger partial charge in [0.2, 0.25) is 21.8 Å². The van der Waals surface area contributed by atoms with Gasteiger partial charge in [-0.05, 0) is 49.2 Å². The molecule has 0 aliphatic rings. The summed E-state index contributed by atoms with van der Waals surface area (Å²) >= 11 is 3.41. The number of hydrogen-bond donors (Lipinski definition) is 1. The maximum absolute atomic E-state index is 14.0. The van der Waals surface area contributed by atoms with Gasteiger partial charge >= 0.3 is 0 Å². The molecule has 3 rings (SSSR count). The number of anilines is 1. The Morgan fingerprint density at radius 3 is 2.18 bits per heavy atom. The number of carbonyl (C=O) groups is 3. The van der Waals surface area contributed by atoms with Crippen LogP contribution in [0, 0.1) is 0 Å². The topological polar surface area (TPSA) is 104 Å². The number of hydrogen-bond acceptors (Lipinski definition) is 5. The molecule has 39 heavy (non-hydrogen) atoms. The molecular formula is C29H32BrN3O5S. The largest absolute Gasteiger partial charge is 0.355 e. The van der Waals surface area contributed by atoms with Gasteiger partial charge in [0.1, 0.15) is 12.6 Å². The first-order valence-corrected chi connectivity index (χ1v) is 15.1. The Hall–Kier alpha value is -3.50. The second-order valence-corrected chi connectivity index (χ2v) is 11.9. The second-order valence-electron chi connectivity index (χ2n) is 9.12. The number of nitrogens with one attached hydrogen (secondary N) is 1. The number of carbonyl (C=O) groups excluding carboxylic acids is 3. The van der Waals surface area contributed by atoms with E-state index in [1.54, 1.807) is 19.1 Å². The number of halogens is 1. The van der Waals surface area contributed by atoms with E-state index in [4.69, 9.17) is 0 Å². The predicted molar refractivity (Wildman–Crippen MR) is 156 cm³/mol. The quantitative estimate of drug-likeness (QED) is 0.308. The molecule has 0 unspecified atom stereocenters. The molecule has 3 aromatic carbocycles. The Labute approximate surface area is 238 Å². The van der Waals surface area contributed by atoms with Gasteiger partial charge in [0.05, 0.1) is 11.9 Å². The molecule has 0 aliphatic heterocycles. The number of Topliss-reactive ketones (excluding diaryl/α,β-unsaturated/α-hetero) is 1. The van der Waals surface area contributed by atoms with Crippen LogP contribution in [-0.2, 0) is 32.6 Å². The van der Waals surface area contributed by atoms with E-state index in [0.29, 0.717) is 12.1 Å². The van der Waals surface area contributed by atoms with Crippen LogP contribution in [-0.4, -0.2) is 56.3 Å². The standard InChI is InChI=1S/C29H32BrN3O5S/c1-4-31-29(36)27(17-22-9-6-5-7-10-22)32(19-23-13-15-25(30)16-14-23)28(35)20-33(39(3,37)38)26-12-8-11-24(18-26)21(2)34/h5-16,18,27H,4,17,19-20H2,1-3H3,(H,31,36)/t27-/m1/s1. The average molecular weight is 615 g/mol. The van der Waals surface area contributed by atoms with Crippen molar-refractivity contribution >= 4 is 49.2 Å². The number of likely N-dealkylation sites (N-methyl/N-ethyl adjacent to an activating group) is 1. The predicted octanol–water partition coefficient (Wildman–Crippen LogP) is 4.19. The van der Waals surface area contributed by atoms with Gasteiger partial charge in [-0.15, -0.1) is 0 Å². The number of sulfonamides is 1. The summed E-state index contributed by atoms with van der Waals surface area (Å²) in [6.45, 7) is 3.10. The molecule has 0 bridgehead atoms. The smallest absolute Gasteiger partial charge is 0.244 e. The molecule has 10 heteroatoms. The van der Waals surface area contributed by atoms with Gasteiger partial charge in [-0.25, -0.2) is 8.42 Å². The first-order valence-electron chi connectivity index (χ1n) is 12.4. The zero-order valence-electron chi connectivity index (χ0n) is 22.1. The lowest BCUT2D eigenvalue weighted by molar-refractivity contribution is -0.140. The molecule has 0 radical (unpaired) electrons. The summed E-state index contributed by atoms with van der Waals surface area (Å²) in [5.41, 5.74) is 2.15. The van der Waals surface area contributed by atoms with Gasteiger partial charge in [-0.3, -0.25) is 18.7 Å². The summed E-state index contributed by atoms with van der Waals surface area (Å²) in [7, 11) is -3.91. The van der Waals surface area contributed by atoms with Crippen molar-refractivity contribution < 1.29 is 22.8 Å². The monoisotopic (exact) mass is 613 g/mol. The molecule has 206 valence electrons. The fraction of sp³-hybridized carbons (Fsp3) is 0.276. The molecule has 2 amide bonds. The van der Waals surface area contributed by atoms with Gasteiger partial charge in [0.15, 0.2) is 5.78 Å². The Morgan fingerprint density at radius 1 is 0.923 bits per heavy atom. The first kappa shape index (κ1) is 30.0. The normalized spacial score (nSPS) is 11.9. The maximum Gasteiger partial charge on any atom is 0.244 e. The van der Waals surface area contributed by atoms with Crippen LogP contribution in [0.2, 0.25) is 0 Å². The van der Waals surface area contributed by atoms with Crippen LogP contribution < -0.4 is 9.62 Å². The van der Waals surface area contributed by atoms with Crippen LogP contribution in [0.1, 0.15) is 35.3 Å². The second kappa shape index (κ2) is 13.5. The number of rotatable bonds is 12. The number of amides is 2. The van der Waals surface area contributed by atoms with Gasteiger partial charge < -0.3 is 10.2 Å². The summed E-state index contributed by atoms with van der Waals surface area (Å²) in [5, 5.41) is 2.82. The third-order valence-corrected chi connectivity index (χ3v) is 7.78. The van der Waals surface area contributed by atoms with Gasteiger partial charge in [-0.1, -0.05) is 70.5 Å². The molecule has 3 aromatic rings. The molecule has 0 saturated heterocycles. The van der Waals surface area contributed by atoms with Crippen LogP contribution >= 0.6 is 15.9 Å². The number of benzene rings is 3. The Bertz CT molecular complexity index is 1410.